The fourth-order valence-electron chi connectivity index (χ4n) is 2.23. The van der Waals surface area contributed by atoms with E-state index in [1.165, 1.54) is 12.3 Å². The first-order valence-corrected chi connectivity index (χ1v) is 7.08. The maximum atomic E-state index is 13.2. The van der Waals surface area contributed by atoms with Crippen molar-refractivity contribution in [2.24, 2.45) is 0 Å². The number of rotatable bonds is 1. The molecule has 0 saturated carbocycles. The highest BCUT2D eigenvalue weighted by Gasteiger charge is 2.42. The lowest BCUT2D eigenvalue weighted by atomic mass is 10.0. The quantitative estimate of drug-likeness (QED) is 0.606. The van der Waals surface area contributed by atoms with Crippen molar-refractivity contribution in [2.45, 2.75) is 12.4 Å². The van der Waals surface area contributed by atoms with Gasteiger partial charge in [0.15, 0.2) is 0 Å². The molecule has 0 bridgehead atoms. The van der Waals surface area contributed by atoms with Gasteiger partial charge in [0.2, 0.25) is 0 Å². The van der Waals surface area contributed by atoms with Gasteiger partial charge < -0.3 is 4.98 Å². The van der Waals surface area contributed by atoms with Crippen molar-refractivity contribution in [1.82, 2.24) is 9.97 Å². The third-order valence-electron chi connectivity index (χ3n) is 3.22. The summed E-state index contributed by atoms with van der Waals surface area (Å²) in [4.78, 5) is 3.77. The Kier molecular flexibility index (Phi) is 3.56. The van der Waals surface area contributed by atoms with E-state index in [0.717, 1.165) is 6.20 Å². The van der Waals surface area contributed by atoms with Gasteiger partial charge >= 0.3 is 12.4 Å². The predicted octanol–water partition coefficient (Wildman–Crippen LogP) is 5.20. The molecule has 0 fully saturated rings. The van der Waals surface area contributed by atoms with Crippen molar-refractivity contribution in [3.63, 3.8) is 0 Å². The van der Waals surface area contributed by atoms with Crippen LogP contribution in [0, 0.1) is 11.3 Å². The number of nitrogens with one attached hydrogen (secondary N) is 1. The van der Waals surface area contributed by atoms with E-state index in [1.807, 2.05) is 0 Å². The van der Waals surface area contributed by atoms with E-state index in [0.29, 0.717) is 6.07 Å². The zero-order valence-corrected chi connectivity index (χ0v) is 12.2. The zero-order chi connectivity index (χ0) is 17.7. The summed E-state index contributed by atoms with van der Waals surface area (Å²) in [5, 5.41) is 9.01. The molecular formula is C14H5F6N3S. The molecule has 10 heteroatoms. The van der Waals surface area contributed by atoms with Crippen LogP contribution in [0.4, 0.5) is 26.3 Å². The first kappa shape index (κ1) is 16.3. The fourth-order valence-corrected chi connectivity index (χ4v) is 3.14. The Morgan fingerprint density at radius 1 is 1.04 bits per heavy atom. The Morgan fingerprint density at radius 2 is 1.75 bits per heavy atom. The molecule has 0 aliphatic heterocycles. The second kappa shape index (κ2) is 5.24. The Labute approximate surface area is 134 Å². The van der Waals surface area contributed by atoms with Crippen LogP contribution in [0.5, 0.6) is 0 Å². The molecule has 0 aliphatic carbocycles. The van der Waals surface area contributed by atoms with Crippen LogP contribution in [0.3, 0.4) is 0 Å². The first-order valence-electron chi connectivity index (χ1n) is 6.27. The number of hydrogen-bond acceptors (Lipinski definition) is 3. The smallest absolute Gasteiger partial charge is 0.346 e. The Bertz CT molecular complexity index is 958. The molecule has 3 rings (SSSR count). The number of aromatic amines is 1. The van der Waals surface area contributed by atoms with Crippen LogP contribution < -0.4 is 0 Å². The lowest BCUT2D eigenvalue weighted by molar-refractivity contribution is -0.134. The minimum atomic E-state index is -4.94. The number of halogens is 6. The van der Waals surface area contributed by atoms with Gasteiger partial charge in [0, 0.05) is 28.9 Å². The van der Waals surface area contributed by atoms with Gasteiger partial charge in [0.05, 0.1) is 5.56 Å². The molecule has 3 nitrogen and oxygen atoms in total. The second-order valence-electron chi connectivity index (χ2n) is 4.78. The molecule has 0 atom stereocenters. The highest BCUT2D eigenvalue weighted by molar-refractivity contribution is 7.12. The minimum absolute atomic E-state index is 0.0863. The van der Waals surface area contributed by atoms with E-state index in [4.69, 9.17) is 5.26 Å². The topological polar surface area (TPSA) is 52.5 Å². The van der Waals surface area contributed by atoms with Crippen LogP contribution in [0.25, 0.3) is 22.2 Å². The molecule has 0 saturated heterocycles. The third-order valence-corrected chi connectivity index (χ3v) is 4.44. The van der Waals surface area contributed by atoms with Crippen molar-refractivity contribution in [3.05, 3.63) is 39.8 Å². The van der Waals surface area contributed by atoms with Crippen molar-refractivity contribution in [3.8, 4) is 17.2 Å². The van der Waals surface area contributed by atoms with Gasteiger partial charge in [-0.1, -0.05) is 0 Å². The molecular weight excluding hydrogens is 356 g/mol. The molecule has 3 aromatic rings. The number of alkyl halides is 6. The molecule has 24 heavy (non-hydrogen) atoms. The highest BCUT2D eigenvalue weighted by Crippen LogP contribution is 2.48. The largest absolute Gasteiger partial charge is 0.426 e. The van der Waals surface area contributed by atoms with Crippen LogP contribution in [-0.4, -0.2) is 9.97 Å². The van der Waals surface area contributed by atoms with E-state index in [9.17, 15) is 26.3 Å². The molecule has 0 radical (unpaired) electrons. The maximum Gasteiger partial charge on any atom is 0.426 e. The third kappa shape index (κ3) is 2.71. The van der Waals surface area contributed by atoms with Gasteiger partial charge in [-0.15, -0.1) is 11.3 Å². The standard InChI is InChI=1S/C14H5F6N3S/c15-13(16,17)10-2-7(11(24-10)14(18,19)20)9-5-23-12-8(9)1-6(3-21)4-22-12/h1-2,4-5H,(H,22,23). The number of aromatic nitrogens is 2. The number of nitriles is 1. The lowest BCUT2D eigenvalue weighted by Gasteiger charge is -2.06. The fraction of sp³-hybridized carbons (Fsp3) is 0.143. The van der Waals surface area contributed by atoms with Crippen molar-refractivity contribution in [1.29, 1.82) is 5.26 Å². The summed E-state index contributed by atoms with van der Waals surface area (Å²) < 4.78 is 77.9. The molecule has 0 unspecified atom stereocenters. The zero-order valence-electron chi connectivity index (χ0n) is 11.4. The number of fused-ring (bicyclic) bond motifs is 1. The Balaban J connectivity index is 2.30. The summed E-state index contributed by atoms with van der Waals surface area (Å²) in [6.07, 6.45) is -7.46. The molecule has 1 N–H and O–H groups in total. The van der Waals surface area contributed by atoms with Gasteiger partial charge in [-0.3, -0.25) is 0 Å². The Hall–Kier alpha value is -2.54. The number of pyridine rings is 1. The number of nitrogens with zero attached hydrogens (tertiary/aromatic N) is 2. The molecule has 0 amide bonds. The summed E-state index contributed by atoms with van der Waals surface area (Å²) in [5.41, 5.74) is -0.420. The van der Waals surface area contributed by atoms with Crippen molar-refractivity contribution in [2.75, 3.05) is 0 Å². The van der Waals surface area contributed by atoms with Crippen LogP contribution in [-0.2, 0) is 12.4 Å². The molecule has 0 spiro atoms. The minimum Gasteiger partial charge on any atom is -0.346 e. The first-order chi connectivity index (χ1) is 11.1. The second-order valence-corrected chi connectivity index (χ2v) is 5.84. The average Bonchev–Trinajstić information content (AvgIpc) is 3.09. The molecule has 3 aromatic heterocycles. The summed E-state index contributed by atoms with van der Waals surface area (Å²) in [6.45, 7) is 0. The van der Waals surface area contributed by atoms with Gasteiger partial charge in [-0.25, -0.2) is 4.98 Å². The highest BCUT2D eigenvalue weighted by atomic mass is 32.1. The summed E-state index contributed by atoms with van der Waals surface area (Å²) in [6, 6.07) is 3.53. The van der Waals surface area contributed by atoms with Gasteiger partial charge in [0.1, 0.15) is 21.5 Å². The molecule has 0 aromatic carbocycles. The normalized spacial score (nSPS) is 12.5. The summed E-state index contributed by atoms with van der Waals surface area (Å²) in [7, 11) is 0. The van der Waals surface area contributed by atoms with Crippen LogP contribution in [0.1, 0.15) is 15.3 Å². The number of H-pyrrole nitrogens is 1. The van der Waals surface area contributed by atoms with Crippen molar-refractivity contribution >= 4 is 22.4 Å². The van der Waals surface area contributed by atoms with Crippen LogP contribution in [0.2, 0.25) is 0 Å². The summed E-state index contributed by atoms with van der Waals surface area (Å²) >= 11 is -0.359. The van der Waals surface area contributed by atoms with E-state index in [-0.39, 0.29) is 33.5 Å². The predicted molar refractivity (Wildman–Crippen MR) is 74.1 cm³/mol. The maximum absolute atomic E-state index is 13.2. The van der Waals surface area contributed by atoms with Crippen LogP contribution >= 0.6 is 11.3 Å². The van der Waals surface area contributed by atoms with E-state index in [1.54, 1.807) is 6.07 Å². The van der Waals surface area contributed by atoms with Gasteiger partial charge in [-0.2, -0.15) is 31.6 Å². The van der Waals surface area contributed by atoms with Crippen LogP contribution in [0.15, 0.2) is 24.5 Å². The SMILES string of the molecule is N#Cc1cnc2[nH]cc(-c3cc(C(F)(F)F)sc3C(F)(F)F)c2c1. The lowest BCUT2D eigenvalue weighted by Crippen LogP contribution is -2.03. The van der Waals surface area contributed by atoms with Gasteiger partial charge in [0.25, 0.3) is 0 Å². The van der Waals surface area contributed by atoms with E-state index < -0.39 is 27.7 Å². The monoisotopic (exact) mass is 361 g/mol. The van der Waals surface area contributed by atoms with E-state index >= 15 is 0 Å². The number of hydrogen-bond donors (Lipinski definition) is 1. The van der Waals surface area contributed by atoms with E-state index in [2.05, 4.69) is 9.97 Å². The van der Waals surface area contributed by atoms with Gasteiger partial charge in [-0.05, 0) is 12.1 Å². The Morgan fingerprint density at radius 3 is 2.33 bits per heavy atom. The summed E-state index contributed by atoms with van der Waals surface area (Å²) in [5.74, 6) is 0. The molecule has 3 heterocycles. The average molecular weight is 361 g/mol. The van der Waals surface area contributed by atoms with Crippen molar-refractivity contribution < 1.29 is 26.3 Å². The number of thiophene rings is 1. The molecule has 0 aliphatic rings. The molecule has 124 valence electrons.